The summed E-state index contributed by atoms with van der Waals surface area (Å²) in [5, 5.41) is 3.08. The molecule has 0 spiro atoms. The van der Waals surface area contributed by atoms with Crippen molar-refractivity contribution in [2.24, 2.45) is 0 Å². The van der Waals surface area contributed by atoms with Gasteiger partial charge in [-0.25, -0.2) is 4.98 Å². The number of rotatable bonds is 7. The molecular formula is C12H18N2O3. The van der Waals surface area contributed by atoms with E-state index in [1.807, 2.05) is 13.0 Å². The fourth-order valence-electron chi connectivity index (χ4n) is 1.26. The van der Waals surface area contributed by atoms with Gasteiger partial charge in [-0.05, 0) is 19.9 Å². The largest absolute Gasteiger partial charge is 0.478 e. The fourth-order valence-corrected chi connectivity index (χ4v) is 1.26. The Morgan fingerprint density at radius 2 is 2.18 bits per heavy atom. The van der Waals surface area contributed by atoms with Gasteiger partial charge in [-0.2, -0.15) is 0 Å². The van der Waals surface area contributed by atoms with Crippen LogP contribution in [-0.4, -0.2) is 30.7 Å². The van der Waals surface area contributed by atoms with Gasteiger partial charge in [-0.15, -0.1) is 0 Å². The maximum Gasteiger partial charge on any atom is 0.307 e. The normalized spacial score (nSPS) is 9.76. The second-order valence-corrected chi connectivity index (χ2v) is 3.30. The van der Waals surface area contributed by atoms with Crippen LogP contribution in [0.3, 0.4) is 0 Å². The summed E-state index contributed by atoms with van der Waals surface area (Å²) in [6, 6.07) is 3.65. The lowest BCUT2D eigenvalue weighted by atomic mass is 10.3. The minimum atomic E-state index is -0.195. The molecule has 17 heavy (non-hydrogen) atoms. The summed E-state index contributed by atoms with van der Waals surface area (Å²) in [5.41, 5.74) is 0.859. The topological polar surface area (TPSA) is 60.5 Å². The molecule has 0 aromatic carbocycles. The summed E-state index contributed by atoms with van der Waals surface area (Å²) < 4.78 is 10.0. The Morgan fingerprint density at radius 3 is 2.76 bits per heavy atom. The minimum Gasteiger partial charge on any atom is -0.478 e. The van der Waals surface area contributed by atoms with Gasteiger partial charge >= 0.3 is 5.97 Å². The van der Waals surface area contributed by atoms with E-state index in [4.69, 9.17) is 9.47 Å². The molecule has 0 aliphatic carbocycles. The Morgan fingerprint density at radius 1 is 1.35 bits per heavy atom. The third-order valence-corrected chi connectivity index (χ3v) is 1.99. The van der Waals surface area contributed by atoms with E-state index in [1.54, 1.807) is 19.2 Å². The SMILES string of the molecule is CCOC(=O)CCNc1ccc(OCC)nc1. The summed E-state index contributed by atoms with van der Waals surface area (Å²) >= 11 is 0. The summed E-state index contributed by atoms with van der Waals surface area (Å²) in [6.07, 6.45) is 2.02. The van der Waals surface area contributed by atoms with Gasteiger partial charge in [0, 0.05) is 12.6 Å². The number of carbonyl (C=O) groups is 1. The van der Waals surface area contributed by atoms with Crippen molar-refractivity contribution in [2.45, 2.75) is 20.3 Å². The molecule has 0 fully saturated rings. The molecule has 0 atom stereocenters. The molecule has 0 saturated heterocycles. The lowest BCUT2D eigenvalue weighted by Crippen LogP contribution is -2.11. The number of nitrogens with zero attached hydrogens (tertiary/aromatic N) is 1. The van der Waals surface area contributed by atoms with Crippen LogP contribution in [0.5, 0.6) is 5.88 Å². The van der Waals surface area contributed by atoms with Crippen molar-refractivity contribution < 1.29 is 14.3 Å². The van der Waals surface area contributed by atoms with Crippen molar-refractivity contribution in [2.75, 3.05) is 25.1 Å². The molecule has 1 aromatic heterocycles. The Hall–Kier alpha value is -1.78. The molecule has 0 aliphatic heterocycles. The third-order valence-electron chi connectivity index (χ3n) is 1.99. The van der Waals surface area contributed by atoms with E-state index >= 15 is 0 Å². The van der Waals surface area contributed by atoms with Crippen LogP contribution in [0.25, 0.3) is 0 Å². The van der Waals surface area contributed by atoms with Crippen LogP contribution in [0.4, 0.5) is 5.69 Å². The average molecular weight is 238 g/mol. The number of ether oxygens (including phenoxy) is 2. The number of hydrogen-bond donors (Lipinski definition) is 1. The first-order chi connectivity index (χ1) is 8.26. The van der Waals surface area contributed by atoms with Crippen molar-refractivity contribution in [3.63, 3.8) is 0 Å². The number of hydrogen-bond acceptors (Lipinski definition) is 5. The minimum absolute atomic E-state index is 0.195. The molecule has 0 unspecified atom stereocenters. The summed E-state index contributed by atoms with van der Waals surface area (Å²) in [7, 11) is 0. The predicted octanol–water partition coefficient (Wildman–Crippen LogP) is 1.85. The summed E-state index contributed by atoms with van der Waals surface area (Å²) in [6.45, 7) is 5.26. The van der Waals surface area contributed by atoms with E-state index in [0.29, 0.717) is 32.1 Å². The maximum atomic E-state index is 11.1. The maximum absolute atomic E-state index is 11.1. The van der Waals surface area contributed by atoms with E-state index in [2.05, 4.69) is 10.3 Å². The quantitative estimate of drug-likeness (QED) is 0.734. The second-order valence-electron chi connectivity index (χ2n) is 3.30. The molecule has 0 bridgehead atoms. The molecular weight excluding hydrogens is 220 g/mol. The van der Waals surface area contributed by atoms with E-state index in [-0.39, 0.29) is 5.97 Å². The van der Waals surface area contributed by atoms with Crippen molar-refractivity contribution in [1.29, 1.82) is 0 Å². The lowest BCUT2D eigenvalue weighted by molar-refractivity contribution is -0.142. The Labute approximate surface area is 101 Å². The van der Waals surface area contributed by atoms with E-state index in [1.165, 1.54) is 0 Å². The molecule has 0 saturated carbocycles. The van der Waals surface area contributed by atoms with Crippen molar-refractivity contribution in [3.05, 3.63) is 18.3 Å². The fraction of sp³-hybridized carbons (Fsp3) is 0.500. The van der Waals surface area contributed by atoms with E-state index in [0.717, 1.165) is 5.69 Å². The number of nitrogens with one attached hydrogen (secondary N) is 1. The number of esters is 1. The molecule has 0 radical (unpaired) electrons. The molecule has 0 amide bonds. The number of carbonyl (C=O) groups excluding carboxylic acids is 1. The van der Waals surface area contributed by atoms with E-state index < -0.39 is 0 Å². The predicted molar refractivity (Wildman–Crippen MR) is 65.1 cm³/mol. The number of anilines is 1. The standard InChI is InChI=1S/C12H18N2O3/c1-3-16-11-6-5-10(9-14-11)13-8-7-12(15)17-4-2/h5-6,9,13H,3-4,7-8H2,1-2H3. The zero-order chi connectivity index (χ0) is 12.5. The number of pyridine rings is 1. The van der Waals surface area contributed by atoms with Crippen LogP contribution in [0.1, 0.15) is 20.3 Å². The first-order valence-corrected chi connectivity index (χ1v) is 5.74. The molecule has 1 N–H and O–H groups in total. The molecule has 5 nitrogen and oxygen atoms in total. The van der Waals surface area contributed by atoms with Crippen molar-refractivity contribution >= 4 is 11.7 Å². The smallest absolute Gasteiger partial charge is 0.307 e. The first kappa shape index (κ1) is 13.3. The van der Waals surface area contributed by atoms with Gasteiger partial charge in [0.1, 0.15) is 0 Å². The van der Waals surface area contributed by atoms with Crippen molar-refractivity contribution in [3.8, 4) is 5.88 Å². The third kappa shape index (κ3) is 5.19. The van der Waals surface area contributed by atoms with Crippen LogP contribution in [-0.2, 0) is 9.53 Å². The Kier molecular flexibility index (Phi) is 5.85. The van der Waals surface area contributed by atoms with Gasteiger partial charge in [0.05, 0.1) is 31.5 Å². The average Bonchev–Trinajstić information content (AvgIpc) is 2.32. The zero-order valence-corrected chi connectivity index (χ0v) is 10.2. The molecule has 1 rings (SSSR count). The molecule has 1 aromatic rings. The van der Waals surface area contributed by atoms with Crippen LogP contribution in [0.2, 0.25) is 0 Å². The highest BCUT2D eigenvalue weighted by Crippen LogP contribution is 2.11. The first-order valence-electron chi connectivity index (χ1n) is 5.74. The zero-order valence-electron chi connectivity index (χ0n) is 10.2. The van der Waals surface area contributed by atoms with Gasteiger partial charge in [0.15, 0.2) is 0 Å². The Balaban J connectivity index is 2.29. The van der Waals surface area contributed by atoms with Crippen LogP contribution >= 0.6 is 0 Å². The van der Waals surface area contributed by atoms with Crippen molar-refractivity contribution in [1.82, 2.24) is 4.98 Å². The van der Waals surface area contributed by atoms with Gasteiger partial charge in [0.2, 0.25) is 5.88 Å². The van der Waals surface area contributed by atoms with Crippen LogP contribution in [0.15, 0.2) is 18.3 Å². The second kappa shape index (κ2) is 7.49. The highest BCUT2D eigenvalue weighted by molar-refractivity contribution is 5.70. The van der Waals surface area contributed by atoms with Crippen LogP contribution in [0, 0.1) is 0 Å². The molecule has 1 heterocycles. The summed E-state index contributed by atoms with van der Waals surface area (Å²) in [5.74, 6) is 0.405. The van der Waals surface area contributed by atoms with Gasteiger partial charge in [0.25, 0.3) is 0 Å². The van der Waals surface area contributed by atoms with Gasteiger partial charge in [-0.1, -0.05) is 0 Å². The van der Waals surface area contributed by atoms with Gasteiger partial charge in [-0.3, -0.25) is 4.79 Å². The van der Waals surface area contributed by atoms with Gasteiger partial charge < -0.3 is 14.8 Å². The summed E-state index contributed by atoms with van der Waals surface area (Å²) in [4.78, 5) is 15.2. The highest BCUT2D eigenvalue weighted by Gasteiger charge is 2.01. The lowest BCUT2D eigenvalue weighted by Gasteiger charge is -2.06. The highest BCUT2D eigenvalue weighted by atomic mass is 16.5. The van der Waals surface area contributed by atoms with E-state index in [9.17, 15) is 4.79 Å². The Bertz CT molecular complexity index is 338. The molecule has 94 valence electrons. The number of aromatic nitrogens is 1. The molecule has 5 heteroatoms. The monoisotopic (exact) mass is 238 g/mol. The van der Waals surface area contributed by atoms with Crippen LogP contribution < -0.4 is 10.1 Å². The molecule has 0 aliphatic rings.